The van der Waals surface area contributed by atoms with Gasteiger partial charge in [-0.25, -0.2) is 9.13 Å². The van der Waals surface area contributed by atoms with Gasteiger partial charge in [0.25, 0.3) is 0 Å². The van der Waals surface area contributed by atoms with Crippen molar-refractivity contribution in [2.75, 3.05) is 39.6 Å². The Kier molecular flexibility index (Phi) is 75.3. The van der Waals surface area contributed by atoms with Crippen molar-refractivity contribution in [3.63, 3.8) is 0 Å². The average Bonchev–Trinajstić information content (AvgIpc) is 0.901. The van der Waals surface area contributed by atoms with Crippen LogP contribution in [0, 0.1) is 23.7 Å². The largest absolute Gasteiger partial charge is 0.472 e. The molecule has 0 aromatic rings. The molecule has 0 saturated heterocycles. The average molecular weight is 1560 g/mol. The second-order valence-corrected chi connectivity index (χ2v) is 36.2. The van der Waals surface area contributed by atoms with E-state index in [1.165, 1.54) is 257 Å². The molecule has 19 heteroatoms. The lowest BCUT2D eigenvalue weighted by Gasteiger charge is -2.21. The van der Waals surface area contributed by atoms with Crippen molar-refractivity contribution in [2.24, 2.45) is 23.7 Å². The van der Waals surface area contributed by atoms with Gasteiger partial charge < -0.3 is 33.8 Å². The number of phosphoric ester groups is 2. The number of hydrogen-bond acceptors (Lipinski definition) is 15. The molecule has 3 unspecified atom stereocenters. The summed E-state index contributed by atoms with van der Waals surface area (Å²) in [6.45, 7) is 14.3. The lowest BCUT2D eigenvalue weighted by atomic mass is 10.00. The topological polar surface area (TPSA) is 237 Å². The highest BCUT2D eigenvalue weighted by atomic mass is 31.2. The molecule has 0 heterocycles. The Morgan fingerprint density at radius 1 is 0.262 bits per heavy atom. The van der Waals surface area contributed by atoms with E-state index in [-0.39, 0.29) is 25.7 Å². The maximum atomic E-state index is 13.2. The molecule has 107 heavy (non-hydrogen) atoms. The van der Waals surface area contributed by atoms with Crippen LogP contribution in [0.1, 0.15) is 460 Å². The molecule has 0 fully saturated rings. The first-order chi connectivity index (χ1) is 51.6. The van der Waals surface area contributed by atoms with E-state index in [4.69, 9.17) is 37.0 Å². The Bertz CT molecular complexity index is 2080. The number of ether oxygens (including phenoxy) is 4. The van der Waals surface area contributed by atoms with E-state index in [2.05, 4.69) is 55.4 Å². The number of esters is 4. The molecular weight excluding hydrogens is 1390 g/mol. The summed E-state index contributed by atoms with van der Waals surface area (Å²) in [7, 11) is -9.93. The van der Waals surface area contributed by atoms with E-state index in [1.807, 2.05) is 0 Å². The van der Waals surface area contributed by atoms with Crippen LogP contribution in [0.3, 0.4) is 0 Å². The highest BCUT2D eigenvalue weighted by Crippen LogP contribution is 2.45. The number of hydrogen-bond donors (Lipinski definition) is 3. The Morgan fingerprint density at radius 2 is 0.449 bits per heavy atom. The lowest BCUT2D eigenvalue weighted by molar-refractivity contribution is -0.161. The first-order valence-corrected chi connectivity index (χ1v) is 48.2. The van der Waals surface area contributed by atoms with Gasteiger partial charge in [0, 0.05) is 25.7 Å². The van der Waals surface area contributed by atoms with Crippen molar-refractivity contribution >= 4 is 39.5 Å². The molecule has 0 spiro atoms. The van der Waals surface area contributed by atoms with Crippen LogP contribution < -0.4 is 0 Å². The van der Waals surface area contributed by atoms with Crippen LogP contribution in [-0.4, -0.2) is 96.7 Å². The summed E-state index contributed by atoms with van der Waals surface area (Å²) >= 11 is 0. The SMILES string of the molecule is CCC(C)CCCCCCCCC(=O)OC[C@H](COP(=O)(O)OC[C@H](O)COP(=O)(O)OC[C@@H](COC(=O)CCCCCCCCCCCCCCCCCCCCC(C)C)OC(=O)CCCCCCCCCCCCCCCCCCCCC(C)C)OC(=O)CCCCCCCCCCCCCCC(C)C. The van der Waals surface area contributed by atoms with Crippen LogP contribution in [0.2, 0.25) is 0 Å². The first-order valence-electron chi connectivity index (χ1n) is 45.2. The van der Waals surface area contributed by atoms with E-state index >= 15 is 0 Å². The van der Waals surface area contributed by atoms with E-state index < -0.39 is 97.5 Å². The van der Waals surface area contributed by atoms with Crippen LogP contribution >= 0.6 is 15.6 Å². The number of rotatable bonds is 85. The quantitative estimate of drug-likeness (QED) is 0.0222. The Morgan fingerprint density at radius 3 is 0.664 bits per heavy atom. The molecule has 0 bridgehead atoms. The summed E-state index contributed by atoms with van der Waals surface area (Å²) in [6, 6.07) is 0. The van der Waals surface area contributed by atoms with Crippen molar-refractivity contribution < 1.29 is 80.2 Å². The molecule has 17 nitrogen and oxygen atoms in total. The van der Waals surface area contributed by atoms with Crippen LogP contribution in [0.4, 0.5) is 0 Å². The van der Waals surface area contributed by atoms with Gasteiger partial charge in [0.15, 0.2) is 12.2 Å². The molecule has 0 radical (unpaired) electrons. The van der Waals surface area contributed by atoms with Crippen LogP contribution in [0.15, 0.2) is 0 Å². The van der Waals surface area contributed by atoms with Gasteiger partial charge in [-0.15, -0.1) is 0 Å². The highest BCUT2D eigenvalue weighted by molar-refractivity contribution is 7.47. The molecule has 0 rings (SSSR count). The normalized spacial score (nSPS) is 14.1. The minimum Gasteiger partial charge on any atom is -0.462 e. The highest BCUT2D eigenvalue weighted by Gasteiger charge is 2.31. The van der Waals surface area contributed by atoms with Gasteiger partial charge in [-0.2, -0.15) is 0 Å². The summed E-state index contributed by atoms with van der Waals surface area (Å²) < 4.78 is 68.9. The van der Waals surface area contributed by atoms with Crippen molar-refractivity contribution in [3.05, 3.63) is 0 Å². The van der Waals surface area contributed by atoms with Crippen molar-refractivity contribution in [1.29, 1.82) is 0 Å². The van der Waals surface area contributed by atoms with E-state index in [9.17, 15) is 43.2 Å². The van der Waals surface area contributed by atoms with Gasteiger partial charge in [0.1, 0.15) is 19.3 Å². The molecule has 0 aliphatic rings. The molecule has 0 aliphatic heterocycles. The van der Waals surface area contributed by atoms with Crippen LogP contribution in [0.5, 0.6) is 0 Å². The molecule has 0 aliphatic carbocycles. The Labute approximate surface area is 658 Å². The van der Waals surface area contributed by atoms with Gasteiger partial charge in [0.2, 0.25) is 0 Å². The minimum absolute atomic E-state index is 0.106. The van der Waals surface area contributed by atoms with E-state index in [0.717, 1.165) is 120 Å². The molecule has 6 atom stereocenters. The number of carbonyl (C=O) groups is 4. The molecule has 0 saturated carbocycles. The number of aliphatic hydroxyl groups is 1. The zero-order valence-electron chi connectivity index (χ0n) is 70.8. The summed E-state index contributed by atoms with van der Waals surface area (Å²) in [5.41, 5.74) is 0. The zero-order valence-corrected chi connectivity index (χ0v) is 72.6. The standard InChI is InChI=1S/C88H172O17P2/c1-9-81(8)67-59-51-46-47-53-61-69-86(91)99-75-84(105-88(93)71-63-55-45-39-33-27-26-30-36-42-50-58-66-80(6)7)77-103-107(96,97)101-73-82(89)72-100-106(94,95)102-76-83(104-87(92)70-62-54-44-38-32-25-21-17-13-11-15-19-23-29-35-41-49-57-65-79(4)5)74-98-85(90)68-60-52-43-37-31-24-20-16-12-10-14-18-22-28-34-40-48-56-64-78(2)3/h78-84,89H,9-77H2,1-8H3,(H,94,95)(H,96,97)/t81?,82-,83-,84-/m1/s1. The van der Waals surface area contributed by atoms with Gasteiger partial charge in [-0.3, -0.25) is 37.3 Å². The molecule has 0 aromatic heterocycles. The van der Waals surface area contributed by atoms with Crippen LogP contribution in [0.25, 0.3) is 0 Å². The van der Waals surface area contributed by atoms with E-state index in [0.29, 0.717) is 25.7 Å². The number of aliphatic hydroxyl groups excluding tert-OH is 1. The minimum atomic E-state index is -4.97. The second-order valence-electron chi connectivity index (χ2n) is 33.3. The van der Waals surface area contributed by atoms with Crippen molar-refractivity contribution in [1.82, 2.24) is 0 Å². The number of unbranched alkanes of at least 4 members (excludes halogenated alkanes) is 50. The number of phosphoric acid groups is 2. The molecule has 3 N–H and O–H groups in total. The Hall–Kier alpha value is -1.94. The van der Waals surface area contributed by atoms with Crippen molar-refractivity contribution in [2.45, 2.75) is 478 Å². The summed E-state index contributed by atoms with van der Waals surface area (Å²) in [5, 5.41) is 10.7. The third kappa shape index (κ3) is 80.5. The number of carbonyl (C=O) groups excluding carboxylic acids is 4. The molecule has 0 amide bonds. The molecule has 636 valence electrons. The Balaban J connectivity index is 5.22. The summed E-state index contributed by atoms with van der Waals surface area (Å²) in [6.07, 6.45) is 66.8. The fraction of sp³-hybridized carbons (Fsp3) is 0.955. The predicted molar refractivity (Wildman–Crippen MR) is 441 cm³/mol. The van der Waals surface area contributed by atoms with E-state index in [1.54, 1.807) is 0 Å². The first kappa shape index (κ1) is 105. The van der Waals surface area contributed by atoms with Gasteiger partial charge in [0.05, 0.1) is 26.4 Å². The lowest BCUT2D eigenvalue weighted by Crippen LogP contribution is -2.30. The van der Waals surface area contributed by atoms with Gasteiger partial charge in [-0.1, -0.05) is 409 Å². The summed E-state index contributed by atoms with van der Waals surface area (Å²) in [5.74, 6) is 1.04. The maximum Gasteiger partial charge on any atom is 0.472 e. The fourth-order valence-corrected chi connectivity index (χ4v) is 15.2. The third-order valence-corrected chi connectivity index (χ3v) is 22.8. The maximum absolute atomic E-state index is 13.2. The second kappa shape index (κ2) is 76.7. The smallest absolute Gasteiger partial charge is 0.462 e. The monoisotopic (exact) mass is 1560 g/mol. The molecular formula is C88H172O17P2. The summed E-state index contributed by atoms with van der Waals surface area (Å²) in [4.78, 5) is 73.3. The van der Waals surface area contributed by atoms with Gasteiger partial charge in [-0.05, 0) is 49.4 Å². The zero-order chi connectivity index (χ0) is 78.8. The third-order valence-electron chi connectivity index (χ3n) is 20.9. The van der Waals surface area contributed by atoms with Gasteiger partial charge >= 0.3 is 39.5 Å². The fourth-order valence-electron chi connectivity index (χ4n) is 13.6. The predicted octanol–water partition coefficient (Wildman–Crippen LogP) is 26.7. The van der Waals surface area contributed by atoms with Crippen LogP contribution in [-0.2, 0) is 65.4 Å². The molecule has 0 aromatic carbocycles. The van der Waals surface area contributed by atoms with Crippen molar-refractivity contribution in [3.8, 4) is 0 Å².